The van der Waals surface area contributed by atoms with E-state index < -0.39 is 0 Å². The van der Waals surface area contributed by atoms with Gasteiger partial charge in [0.05, 0.1) is 6.61 Å². The highest BCUT2D eigenvalue weighted by atomic mass is 16.5. The summed E-state index contributed by atoms with van der Waals surface area (Å²) < 4.78 is 4.95. The molecule has 9 heavy (non-hydrogen) atoms. The Balaban J connectivity index is 2.12. The highest BCUT2D eigenvalue weighted by Crippen LogP contribution is 2.32. The minimum absolute atomic E-state index is 0.384. The number of hydrazine groups is 1. The summed E-state index contributed by atoms with van der Waals surface area (Å²) in [5.74, 6) is 6.04. The molecule has 0 spiro atoms. The van der Waals surface area contributed by atoms with E-state index in [-0.39, 0.29) is 0 Å². The molecule has 1 saturated carbocycles. The summed E-state index contributed by atoms with van der Waals surface area (Å²) in [4.78, 5) is 0. The molecule has 3 nitrogen and oxygen atoms in total. The Kier molecular flexibility index (Phi) is 2.45. The van der Waals surface area contributed by atoms with Crippen LogP contribution in [0.2, 0.25) is 0 Å². The molecule has 1 fully saturated rings. The summed E-state index contributed by atoms with van der Waals surface area (Å²) in [5, 5.41) is 0. The standard InChI is InChI=1S/C6H14N2O/c1-9-4-6(8-7)5-2-3-5/h5-6,8H,2-4,7H2,1H3/t6-/m0/s1. The van der Waals surface area contributed by atoms with Gasteiger partial charge in [-0.1, -0.05) is 0 Å². The predicted octanol–water partition coefficient (Wildman–Crippen LogP) is -0.125. The highest BCUT2D eigenvalue weighted by Gasteiger charge is 2.29. The topological polar surface area (TPSA) is 47.3 Å². The second-order valence-electron chi connectivity index (χ2n) is 2.57. The lowest BCUT2D eigenvalue weighted by atomic mass is 10.2. The van der Waals surface area contributed by atoms with Gasteiger partial charge in [0.1, 0.15) is 0 Å². The fourth-order valence-corrected chi connectivity index (χ4v) is 0.998. The Morgan fingerprint density at radius 3 is 2.78 bits per heavy atom. The van der Waals surface area contributed by atoms with Gasteiger partial charge in [-0.15, -0.1) is 0 Å². The van der Waals surface area contributed by atoms with Crippen molar-refractivity contribution >= 4 is 0 Å². The van der Waals surface area contributed by atoms with Gasteiger partial charge in [0.15, 0.2) is 0 Å². The van der Waals surface area contributed by atoms with Crippen LogP contribution in [0.3, 0.4) is 0 Å². The van der Waals surface area contributed by atoms with E-state index in [1.54, 1.807) is 7.11 Å². The van der Waals surface area contributed by atoms with Crippen LogP contribution in [-0.4, -0.2) is 19.8 Å². The van der Waals surface area contributed by atoms with Gasteiger partial charge in [-0.25, -0.2) is 0 Å². The molecule has 0 radical (unpaired) electrons. The molecule has 0 aromatic heterocycles. The van der Waals surface area contributed by atoms with Crippen molar-refractivity contribution in [2.24, 2.45) is 11.8 Å². The molecule has 0 unspecified atom stereocenters. The number of methoxy groups -OCH3 is 1. The number of rotatable bonds is 4. The number of hydrogen-bond acceptors (Lipinski definition) is 3. The predicted molar refractivity (Wildman–Crippen MR) is 35.7 cm³/mol. The van der Waals surface area contributed by atoms with Crippen molar-refractivity contribution in [2.45, 2.75) is 18.9 Å². The van der Waals surface area contributed by atoms with Crippen molar-refractivity contribution < 1.29 is 4.74 Å². The first kappa shape index (κ1) is 6.99. The van der Waals surface area contributed by atoms with Crippen LogP contribution in [-0.2, 0) is 4.74 Å². The monoisotopic (exact) mass is 130 g/mol. The van der Waals surface area contributed by atoms with E-state index in [2.05, 4.69) is 5.43 Å². The molecule has 54 valence electrons. The number of hydrogen-bond donors (Lipinski definition) is 2. The van der Waals surface area contributed by atoms with E-state index >= 15 is 0 Å². The minimum Gasteiger partial charge on any atom is -0.383 e. The summed E-state index contributed by atoms with van der Waals surface area (Å²) in [5.41, 5.74) is 2.74. The van der Waals surface area contributed by atoms with Crippen LogP contribution in [0, 0.1) is 5.92 Å². The maximum absolute atomic E-state index is 5.27. The van der Waals surface area contributed by atoms with Crippen LogP contribution in [0.1, 0.15) is 12.8 Å². The van der Waals surface area contributed by atoms with Crippen LogP contribution < -0.4 is 11.3 Å². The van der Waals surface area contributed by atoms with Crippen molar-refractivity contribution in [1.29, 1.82) is 0 Å². The van der Waals surface area contributed by atoms with Gasteiger partial charge in [-0.3, -0.25) is 11.3 Å². The molecule has 0 bridgehead atoms. The Hall–Kier alpha value is -0.120. The number of nitrogens with one attached hydrogen (secondary N) is 1. The quantitative estimate of drug-likeness (QED) is 0.412. The fourth-order valence-electron chi connectivity index (χ4n) is 0.998. The van der Waals surface area contributed by atoms with Crippen molar-refractivity contribution in [1.82, 2.24) is 5.43 Å². The average molecular weight is 130 g/mol. The van der Waals surface area contributed by atoms with E-state index in [0.29, 0.717) is 6.04 Å². The summed E-state index contributed by atoms with van der Waals surface area (Å²) in [6.45, 7) is 0.737. The van der Waals surface area contributed by atoms with Gasteiger partial charge < -0.3 is 4.74 Å². The summed E-state index contributed by atoms with van der Waals surface area (Å²) in [7, 11) is 1.70. The molecule has 0 saturated heterocycles. The smallest absolute Gasteiger partial charge is 0.0632 e. The zero-order chi connectivity index (χ0) is 6.69. The van der Waals surface area contributed by atoms with E-state index in [4.69, 9.17) is 10.6 Å². The maximum atomic E-state index is 5.27. The molecule has 1 rings (SSSR count). The third-order valence-electron chi connectivity index (χ3n) is 1.75. The highest BCUT2D eigenvalue weighted by molar-refractivity contribution is 4.84. The van der Waals surface area contributed by atoms with Crippen molar-refractivity contribution in [3.63, 3.8) is 0 Å². The first-order chi connectivity index (χ1) is 4.38. The summed E-state index contributed by atoms with van der Waals surface area (Å²) >= 11 is 0. The van der Waals surface area contributed by atoms with E-state index in [1.807, 2.05) is 0 Å². The molecular formula is C6H14N2O. The first-order valence-corrected chi connectivity index (χ1v) is 3.33. The van der Waals surface area contributed by atoms with Crippen LogP contribution in [0.25, 0.3) is 0 Å². The molecule has 0 amide bonds. The van der Waals surface area contributed by atoms with Crippen molar-refractivity contribution in [3.05, 3.63) is 0 Å². The van der Waals surface area contributed by atoms with E-state index in [9.17, 15) is 0 Å². The lowest BCUT2D eigenvalue weighted by molar-refractivity contribution is 0.158. The summed E-state index contributed by atoms with van der Waals surface area (Å²) in [6, 6.07) is 0.384. The van der Waals surface area contributed by atoms with E-state index in [0.717, 1.165) is 12.5 Å². The van der Waals surface area contributed by atoms with Gasteiger partial charge in [0.2, 0.25) is 0 Å². The van der Waals surface area contributed by atoms with Gasteiger partial charge in [-0.2, -0.15) is 0 Å². The Morgan fingerprint density at radius 1 is 1.78 bits per heavy atom. The molecular weight excluding hydrogens is 116 g/mol. The van der Waals surface area contributed by atoms with Gasteiger partial charge in [-0.05, 0) is 18.8 Å². The molecule has 0 heterocycles. The lowest BCUT2D eigenvalue weighted by Crippen LogP contribution is -2.40. The fraction of sp³-hybridized carbons (Fsp3) is 1.00. The van der Waals surface area contributed by atoms with Gasteiger partial charge in [0, 0.05) is 13.2 Å². The van der Waals surface area contributed by atoms with Crippen LogP contribution in [0.4, 0.5) is 0 Å². The minimum atomic E-state index is 0.384. The maximum Gasteiger partial charge on any atom is 0.0632 e. The molecule has 1 atom stereocenters. The van der Waals surface area contributed by atoms with Crippen molar-refractivity contribution in [2.75, 3.05) is 13.7 Å². The second-order valence-corrected chi connectivity index (χ2v) is 2.57. The van der Waals surface area contributed by atoms with E-state index in [1.165, 1.54) is 12.8 Å². The Morgan fingerprint density at radius 2 is 2.44 bits per heavy atom. The molecule has 0 aromatic carbocycles. The van der Waals surface area contributed by atoms with Crippen molar-refractivity contribution in [3.8, 4) is 0 Å². The SMILES string of the molecule is COC[C@H](NN)C1CC1. The molecule has 0 aromatic rings. The largest absolute Gasteiger partial charge is 0.383 e. The first-order valence-electron chi connectivity index (χ1n) is 3.33. The molecule has 3 N–H and O–H groups in total. The van der Waals surface area contributed by atoms with Crippen LogP contribution in [0.15, 0.2) is 0 Å². The number of ether oxygens (including phenoxy) is 1. The van der Waals surface area contributed by atoms with Gasteiger partial charge in [0.25, 0.3) is 0 Å². The lowest BCUT2D eigenvalue weighted by Gasteiger charge is -2.12. The normalized spacial score (nSPS) is 22.0. The number of nitrogens with two attached hydrogens (primary N) is 1. The van der Waals surface area contributed by atoms with Gasteiger partial charge >= 0.3 is 0 Å². The molecule has 0 aliphatic heterocycles. The third kappa shape index (κ3) is 1.93. The van der Waals surface area contributed by atoms with Crippen LogP contribution in [0.5, 0.6) is 0 Å². The Labute approximate surface area is 55.5 Å². The zero-order valence-corrected chi connectivity index (χ0v) is 5.76. The average Bonchev–Trinajstić information content (AvgIpc) is 2.64. The molecule has 1 aliphatic rings. The molecule has 1 aliphatic carbocycles. The molecule has 3 heteroatoms. The van der Waals surface area contributed by atoms with Crippen LogP contribution >= 0.6 is 0 Å². The summed E-state index contributed by atoms with van der Waals surface area (Å²) in [6.07, 6.45) is 2.61. The third-order valence-corrected chi connectivity index (χ3v) is 1.75. The second kappa shape index (κ2) is 3.15. The zero-order valence-electron chi connectivity index (χ0n) is 5.76. The Bertz CT molecular complexity index is 83.1.